The Morgan fingerprint density at radius 2 is 2.00 bits per heavy atom. The van der Waals surface area contributed by atoms with Crippen molar-refractivity contribution in [2.75, 3.05) is 6.61 Å². The van der Waals surface area contributed by atoms with E-state index in [0.717, 1.165) is 0 Å². The topological polar surface area (TPSA) is 81.4 Å². The molecule has 0 aliphatic heterocycles. The van der Waals surface area contributed by atoms with Crippen LogP contribution in [0.25, 0.3) is 0 Å². The van der Waals surface area contributed by atoms with Crippen molar-refractivity contribution in [3.05, 3.63) is 0 Å². The third kappa shape index (κ3) is 4.47. The van der Waals surface area contributed by atoms with Crippen molar-refractivity contribution in [3.8, 4) is 0 Å². The zero-order valence-corrected chi connectivity index (χ0v) is 8.16. The molecule has 5 nitrogen and oxygen atoms in total. The minimum Gasteiger partial charge on any atom is -0.464 e. The maximum atomic E-state index is 11.0. The van der Waals surface area contributed by atoms with E-state index in [1.165, 1.54) is 0 Å². The quantitative estimate of drug-likeness (QED) is 0.577. The molecule has 0 saturated heterocycles. The number of rotatable bonds is 4. The average molecular weight is 188 g/mol. The fraction of sp³-hybridized carbons (Fsp3) is 0.750. The molecule has 76 valence electrons. The standard InChI is InChI=1S/C8H16N2O3/c1-4-13-8(12)6(3)10-7(11)5(2)9/h5-6H,4,9H2,1-3H3,(H,10,11)/t5-,6+/m0/s1. The molecule has 0 aromatic rings. The lowest BCUT2D eigenvalue weighted by Gasteiger charge is -2.13. The highest BCUT2D eigenvalue weighted by molar-refractivity contribution is 5.86. The molecule has 3 N–H and O–H groups in total. The Morgan fingerprint density at radius 1 is 1.46 bits per heavy atom. The van der Waals surface area contributed by atoms with E-state index >= 15 is 0 Å². The van der Waals surface area contributed by atoms with Gasteiger partial charge in [0.1, 0.15) is 6.04 Å². The van der Waals surface area contributed by atoms with Gasteiger partial charge < -0.3 is 15.8 Å². The fourth-order valence-corrected chi connectivity index (χ4v) is 0.671. The summed E-state index contributed by atoms with van der Waals surface area (Å²) >= 11 is 0. The molecule has 0 heterocycles. The number of nitrogens with one attached hydrogen (secondary N) is 1. The van der Waals surface area contributed by atoms with Gasteiger partial charge in [-0.05, 0) is 20.8 Å². The van der Waals surface area contributed by atoms with Crippen LogP contribution in [0.4, 0.5) is 0 Å². The van der Waals surface area contributed by atoms with Crippen molar-refractivity contribution in [1.82, 2.24) is 5.32 Å². The molecule has 5 heteroatoms. The Hall–Kier alpha value is -1.10. The van der Waals surface area contributed by atoms with Gasteiger partial charge in [-0.15, -0.1) is 0 Å². The second kappa shape index (κ2) is 5.53. The number of carbonyl (C=O) groups is 2. The molecule has 0 rings (SSSR count). The van der Waals surface area contributed by atoms with Crippen LogP contribution in [0.2, 0.25) is 0 Å². The van der Waals surface area contributed by atoms with Crippen molar-refractivity contribution < 1.29 is 14.3 Å². The number of esters is 1. The van der Waals surface area contributed by atoms with Gasteiger partial charge in [0, 0.05) is 0 Å². The first-order chi connectivity index (χ1) is 5.99. The SMILES string of the molecule is CCOC(=O)[C@@H](C)NC(=O)[C@H](C)N. The Kier molecular flexibility index (Phi) is 5.06. The lowest BCUT2D eigenvalue weighted by molar-refractivity contribution is -0.146. The second-order valence-electron chi connectivity index (χ2n) is 2.77. The molecule has 13 heavy (non-hydrogen) atoms. The molecule has 0 saturated carbocycles. The molecule has 0 radical (unpaired) electrons. The van der Waals surface area contributed by atoms with Crippen molar-refractivity contribution in [3.63, 3.8) is 0 Å². The molecule has 0 unspecified atom stereocenters. The average Bonchev–Trinajstić information content (AvgIpc) is 2.04. The van der Waals surface area contributed by atoms with E-state index < -0.39 is 18.1 Å². The van der Waals surface area contributed by atoms with Crippen LogP contribution in [0, 0.1) is 0 Å². The normalized spacial score (nSPS) is 14.5. The van der Waals surface area contributed by atoms with Gasteiger partial charge in [-0.2, -0.15) is 0 Å². The molecule has 0 aromatic heterocycles. The van der Waals surface area contributed by atoms with E-state index in [1.807, 2.05) is 0 Å². The van der Waals surface area contributed by atoms with E-state index in [4.69, 9.17) is 5.73 Å². The monoisotopic (exact) mass is 188 g/mol. The summed E-state index contributed by atoms with van der Waals surface area (Å²) < 4.78 is 4.69. The number of amides is 1. The predicted octanol–water partition coefficient (Wildman–Crippen LogP) is -0.599. The summed E-state index contributed by atoms with van der Waals surface area (Å²) in [6.07, 6.45) is 0. The molecule has 1 amide bonds. The summed E-state index contributed by atoms with van der Waals surface area (Å²) in [7, 11) is 0. The third-order valence-corrected chi connectivity index (χ3v) is 1.41. The summed E-state index contributed by atoms with van der Waals surface area (Å²) in [6.45, 7) is 5.11. The first-order valence-electron chi connectivity index (χ1n) is 4.21. The minimum atomic E-state index is -0.640. The lowest BCUT2D eigenvalue weighted by Crippen LogP contribution is -2.46. The molecule has 0 aliphatic carbocycles. The number of hydrogen-bond acceptors (Lipinski definition) is 4. The Labute approximate surface area is 77.6 Å². The van der Waals surface area contributed by atoms with Crippen LogP contribution in [0.15, 0.2) is 0 Å². The van der Waals surface area contributed by atoms with Gasteiger partial charge in [-0.1, -0.05) is 0 Å². The summed E-state index contributed by atoms with van der Waals surface area (Å²) in [5, 5.41) is 2.43. The van der Waals surface area contributed by atoms with Gasteiger partial charge in [-0.3, -0.25) is 4.79 Å². The van der Waals surface area contributed by atoms with Gasteiger partial charge in [0.25, 0.3) is 0 Å². The van der Waals surface area contributed by atoms with Crippen molar-refractivity contribution in [2.45, 2.75) is 32.9 Å². The van der Waals surface area contributed by atoms with E-state index in [1.54, 1.807) is 20.8 Å². The van der Waals surface area contributed by atoms with Gasteiger partial charge in [0.05, 0.1) is 12.6 Å². The highest BCUT2D eigenvalue weighted by Crippen LogP contribution is 1.88. The van der Waals surface area contributed by atoms with Crippen molar-refractivity contribution in [1.29, 1.82) is 0 Å². The minimum absolute atomic E-state index is 0.303. The molecular weight excluding hydrogens is 172 g/mol. The Balaban J connectivity index is 3.92. The van der Waals surface area contributed by atoms with Gasteiger partial charge in [0.2, 0.25) is 5.91 Å². The highest BCUT2D eigenvalue weighted by atomic mass is 16.5. The summed E-state index contributed by atoms with van der Waals surface area (Å²) in [6, 6.07) is -1.25. The first-order valence-corrected chi connectivity index (χ1v) is 4.21. The highest BCUT2D eigenvalue weighted by Gasteiger charge is 2.17. The Morgan fingerprint density at radius 3 is 2.38 bits per heavy atom. The predicted molar refractivity (Wildman–Crippen MR) is 47.9 cm³/mol. The number of ether oxygens (including phenoxy) is 1. The van der Waals surface area contributed by atoms with E-state index in [9.17, 15) is 9.59 Å². The van der Waals surface area contributed by atoms with Gasteiger partial charge >= 0.3 is 5.97 Å². The molecular formula is C8H16N2O3. The zero-order chi connectivity index (χ0) is 10.4. The van der Waals surface area contributed by atoms with Gasteiger partial charge in [-0.25, -0.2) is 4.79 Å². The largest absolute Gasteiger partial charge is 0.464 e. The molecule has 2 atom stereocenters. The fourth-order valence-electron chi connectivity index (χ4n) is 0.671. The first kappa shape index (κ1) is 11.9. The number of hydrogen-bond donors (Lipinski definition) is 2. The molecule has 0 spiro atoms. The van der Waals surface area contributed by atoms with Crippen molar-refractivity contribution in [2.24, 2.45) is 5.73 Å². The zero-order valence-electron chi connectivity index (χ0n) is 8.16. The summed E-state index contributed by atoms with van der Waals surface area (Å²) in [5.74, 6) is -0.808. The maximum absolute atomic E-state index is 11.0. The molecule has 0 aliphatic rings. The molecule has 0 fully saturated rings. The van der Waals surface area contributed by atoms with Gasteiger partial charge in [0.15, 0.2) is 0 Å². The molecule has 0 aromatic carbocycles. The smallest absolute Gasteiger partial charge is 0.328 e. The van der Waals surface area contributed by atoms with Crippen molar-refractivity contribution >= 4 is 11.9 Å². The van der Waals surface area contributed by atoms with Crippen LogP contribution in [-0.4, -0.2) is 30.6 Å². The summed E-state index contributed by atoms with van der Waals surface area (Å²) in [4.78, 5) is 22.0. The van der Waals surface area contributed by atoms with E-state index in [-0.39, 0.29) is 5.91 Å². The third-order valence-electron chi connectivity index (χ3n) is 1.41. The maximum Gasteiger partial charge on any atom is 0.328 e. The summed E-state index contributed by atoms with van der Waals surface area (Å²) in [5.41, 5.74) is 5.29. The second-order valence-corrected chi connectivity index (χ2v) is 2.77. The van der Waals surface area contributed by atoms with Crippen LogP contribution in [0.5, 0.6) is 0 Å². The van der Waals surface area contributed by atoms with E-state index in [2.05, 4.69) is 10.1 Å². The van der Waals surface area contributed by atoms with Crippen LogP contribution in [0.1, 0.15) is 20.8 Å². The van der Waals surface area contributed by atoms with E-state index in [0.29, 0.717) is 6.61 Å². The van der Waals surface area contributed by atoms with Crippen LogP contribution in [-0.2, 0) is 14.3 Å². The lowest BCUT2D eigenvalue weighted by atomic mass is 10.3. The number of nitrogens with two attached hydrogens (primary N) is 1. The van der Waals surface area contributed by atoms with Crippen LogP contribution < -0.4 is 11.1 Å². The number of carbonyl (C=O) groups excluding carboxylic acids is 2. The Bertz CT molecular complexity index is 192. The van der Waals surface area contributed by atoms with Crippen LogP contribution in [0.3, 0.4) is 0 Å². The molecule has 0 bridgehead atoms. The van der Waals surface area contributed by atoms with Crippen LogP contribution >= 0.6 is 0 Å².